The van der Waals surface area contributed by atoms with Crippen molar-refractivity contribution in [3.63, 3.8) is 0 Å². The van der Waals surface area contributed by atoms with Crippen molar-refractivity contribution in [1.29, 1.82) is 0 Å². The highest BCUT2D eigenvalue weighted by Gasteiger charge is 2.19. The molecule has 0 saturated heterocycles. The maximum absolute atomic E-state index is 11.4. The average Bonchev–Trinajstić information content (AvgIpc) is 3.04. The lowest BCUT2D eigenvalue weighted by atomic mass is 10.3. The molecule has 0 unspecified atom stereocenters. The Bertz CT molecular complexity index is 778. The highest BCUT2D eigenvalue weighted by molar-refractivity contribution is 7.99. The Labute approximate surface area is 125 Å². The van der Waals surface area contributed by atoms with E-state index in [1.54, 1.807) is 15.6 Å². The number of carbonyl (C=O) groups is 1. The number of para-hydroxylation sites is 1. The lowest BCUT2D eigenvalue weighted by Gasteiger charge is -2.07. The van der Waals surface area contributed by atoms with Gasteiger partial charge in [-0.3, -0.25) is 4.79 Å². The minimum Gasteiger partial charge on any atom is -0.311 e. The Balaban J connectivity index is 2.13. The first kappa shape index (κ1) is 13.6. The van der Waals surface area contributed by atoms with E-state index >= 15 is 0 Å². The highest BCUT2D eigenvalue weighted by atomic mass is 32.2. The number of aryl methyl sites for hydroxylation is 2. The molecule has 1 aromatic carbocycles. The predicted octanol–water partition coefficient (Wildman–Crippen LogP) is 2.27. The quantitative estimate of drug-likeness (QED) is 0.691. The van der Waals surface area contributed by atoms with Gasteiger partial charge in [-0.25, -0.2) is 4.68 Å². The molecule has 0 fully saturated rings. The fourth-order valence-electron chi connectivity index (χ4n) is 1.95. The highest BCUT2D eigenvalue weighted by Crippen LogP contribution is 2.31. The topological polar surface area (TPSA) is 65.6 Å². The molecule has 3 aromatic rings. The summed E-state index contributed by atoms with van der Waals surface area (Å²) in [6.45, 7) is 1.82. The molecule has 0 amide bonds. The van der Waals surface area contributed by atoms with Gasteiger partial charge in [-0.15, -0.1) is 10.2 Å². The summed E-state index contributed by atoms with van der Waals surface area (Å²) < 4.78 is 3.56. The molecule has 0 N–H and O–H groups in total. The molecule has 0 radical (unpaired) electrons. The van der Waals surface area contributed by atoms with Gasteiger partial charge in [0.2, 0.25) is 0 Å². The zero-order valence-corrected chi connectivity index (χ0v) is 12.4. The number of rotatable bonds is 4. The van der Waals surface area contributed by atoms with Crippen molar-refractivity contribution in [2.75, 3.05) is 0 Å². The van der Waals surface area contributed by atoms with E-state index in [1.165, 1.54) is 11.8 Å². The largest absolute Gasteiger partial charge is 0.311 e. The summed E-state index contributed by atoms with van der Waals surface area (Å²) in [4.78, 5) is 11.4. The second kappa shape index (κ2) is 5.53. The minimum absolute atomic E-state index is 0.576. The van der Waals surface area contributed by atoms with Crippen LogP contribution in [0.4, 0.5) is 0 Å². The zero-order chi connectivity index (χ0) is 14.8. The van der Waals surface area contributed by atoms with E-state index in [4.69, 9.17) is 0 Å². The average molecular weight is 299 g/mol. The standard InChI is InChI=1S/C14H13N5OS/c1-10-12(8-20)13(21-14-16-15-9-18(14)2)19(17-10)11-6-4-3-5-7-11/h3-9H,1-2H3. The number of nitrogens with zero attached hydrogens (tertiary/aromatic N) is 5. The summed E-state index contributed by atoms with van der Waals surface area (Å²) >= 11 is 1.37. The van der Waals surface area contributed by atoms with Gasteiger partial charge < -0.3 is 4.57 Å². The monoisotopic (exact) mass is 299 g/mol. The van der Waals surface area contributed by atoms with Gasteiger partial charge in [0.05, 0.1) is 16.9 Å². The van der Waals surface area contributed by atoms with Gasteiger partial charge in [-0.2, -0.15) is 5.10 Å². The number of carbonyl (C=O) groups excluding carboxylic acids is 1. The van der Waals surface area contributed by atoms with Crippen LogP contribution >= 0.6 is 11.8 Å². The zero-order valence-electron chi connectivity index (χ0n) is 11.6. The van der Waals surface area contributed by atoms with Crippen LogP contribution in [-0.2, 0) is 7.05 Å². The number of benzene rings is 1. The van der Waals surface area contributed by atoms with Crippen molar-refractivity contribution in [3.05, 3.63) is 47.9 Å². The van der Waals surface area contributed by atoms with Gasteiger partial charge >= 0.3 is 0 Å². The summed E-state index contributed by atoms with van der Waals surface area (Å²) in [6.07, 6.45) is 2.46. The first-order valence-electron chi connectivity index (χ1n) is 6.32. The van der Waals surface area contributed by atoms with Gasteiger partial charge in [0.25, 0.3) is 0 Å². The summed E-state index contributed by atoms with van der Waals surface area (Å²) in [5.41, 5.74) is 2.17. The van der Waals surface area contributed by atoms with Crippen LogP contribution in [0.2, 0.25) is 0 Å². The molecule has 2 aromatic heterocycles. The Kier molecular flexibility index (Phi) is 3.57. The van der Waals surface area contributed by atoms with Crippen LogP contribution in [0, 0.1) is 6.92 Å². The third-order valence-electron chi connectivity index (χ3n) is 3.04. The van der Waals surface area contributed by atoms with Gasteiger partial charge in [0, 0.05) is 7.05 Å². The molecule has 0 bridgehead atoms. The van der Waals surface area contributed by atoms with Gasteiger partial charge in [-0.1, -0.05) is 18.2 Å². The smallest absolute Gasteiger partial charge is 0.197 e. The predicted molar refractivity (Wildman–Crippen MR) is 78.8 cm³/mol. The number of aromatic nitrogens is 5. The van der Waals surface area contributed by atoms with Crippen molar-refractivity contribution in [3.8, 4) is 5.69 Å². The molecule has 0 aliphatic heterocycles. The Hall–Kier alpha value is -2.41. The Morgan fingerprint density at radius 3 is 2.62 bits per heavy atom. The van der Waals surface area contributed by atoms with Crippen molar-refractivity contribution < 1.29 is 4.79 Å². The summed E-state index contributed by atoms with van der Waals surface area (Å²) in [7, 11) is 1.86. The van der Waals surface area contributed by atoms with Crippen molar-refractivity contribution in [1.82, 2.24) is 24.5 Å². The number of hydrogen-bond donors (Lipinski definition) is 0. The molecule has 0 aliphatic carbocycles. The van der Waals surface area contributed by atoms with Crippen molar-refractivity contribution in [2.24, 2.45) is 7.05 Å². The molecule has 2 heterocycles. The summed E-state index contributed by atoms with van der Waals surface area (Å²) in [5, 5.41) is 13.8. The van der Waals surface area contributed by atoms with Crippen LogP contribution in [0.25, 0.3) is 5.69 Å². The van der Waals surface area contributed by atoms with E-state index in [0.29, 0.717) is 16.4 Å². The van der Waals surface area contributed by atoms with E-state index in [0.717, 1.165) is 17.0 Å². The van der Waals surface area contributed by atoms with E-state index in [2.05, 4.69) is 15.3 Å². The molecule has 21 heavy (non-hydrogen) atoms. The van der Waals surface area contributed by atoms with Gasteiger partial charge in [0.1, 0.15) is 11.4 Å². The molecule has 7 heteroatoms. The van der Waals surface area contributed by atoms with Crippen LogP contribution in [-0.4, -0.2) is 30.8 Å². The van der Waals surface area contributed by atoms with Gasteiger partial charge in [-0.05, 0) is 30.8 Å². The first-order valence-corrected chi connectivity index (χ1v) is 7.14. The number of aldehydes is 1. The van der Waals surface area contributed by atoms with E-state index in [9.17, 15) is 4.79 Å². The lowest BCUT2D eigenvalue weighted by Crippen LogP contribution is -2.00. The van der Waals surface area contributed by atoms with E-state index in [-0.39, 0.29) is 0 Å². The summed E-state index contributed by atoms with van der Waals surface area (Å²) in [5.74, 6) is 0. The van der Waals surface area contributed by atoms with Crippen LogP contribution in [0.3, 0.4) is 0 Å². The van der Waals surface area contributed by atoms with Crippen LogP contribution in [0.5, 0.6) is 0 Å². The molecule has 106 valence electrons. The molecular formula is C14H13N5OS. The molecular weight excluding hydrogens is 286 g/mol. The second-order valence-electron chi connectivity index (χ2n) is 4.50. The summed E-state index contributed by atoms with van der Waals surface area (Å²) in [6, 6.07) is 9.70. The van der Waals surface area contributed by atoms with Crippen LogP contribution < -0.4 is 0 Å². The molecule has 0 aliphatic rings. The number of hydrogen-bond acceptors (Lipinski definition) is 5. The van der Waals surface area contributed by atoms with E-state index < -0.39 is 0 Å². The molecule has 0 saturated carbocycles. The SMILES string of the molecule is Cc1nn(-c2ccccc2)c(Sc2nncn2C)c1C=O. The van der Waals surface area contributed by atoms with Crippen molar-refractivity contribution in [2.45, 2.75) is 17.1 Å². The minimum atomic E-state index is 0.576. The third-order valence-corrected chi connectivity index (χ3v) is 4.18. The Morgan fingerprint density at radius 1 is 1.24 bits per heavy atom. The fourth-order valence-corrected chi connectivity index (χ4v) is 2.94. The van der Waals surface area contributed by atoms with Crippen LogP contribution in [0.15, 0.2) is 46.8 Å². The maximum atomic E-state index is 11.4. The van der Waals surface area contributed by atoms with Crippen molar-refractivity contribution >= 4 is 18.0 Å². The molecule has 0 spiro atoms. The second-order valence-corrected chi connectivity index (χ2v) is 5.45. The normalized spacial score (nSPS) is 10.8. The molecule has 6 nitrogen and oxygen atoms in total. The third kappa shape index (κ3) is 2.47. The van der Waals surface area contributed by atoms with E-state index in [1.807, 2.05) is 44.3 Å². The van der Waals surface area contributed by atoms with Crippen LogP contribution in [0.1, 0.15) is 16.1 Å². The molecule has 3 rings (SSSR count). The lowest BCUT2D eigenvalue weighted by molar-refractivity contribution is 0.112. The maximum Gasteiger partial charge on any atom is 0.197 e. The fraction of sp³-hybridized carbons (Fsp3) is 0.143. The molecule has 0 atom stereocenters. The first-order chi connectivity index (χ1) is 10.2. The Morgan fingerprint density at radius 2 is 2.00 bits per heavy atom. The van der Waals surface area contributed by atoms with Gasteiger partial charge in [0.15, 0.2) is 11.4 Å².